The number of hydrogen-bond donors (Lipinski definition) is 3. The lowest BCUT2D eigenvalue weighted by molar-refractivity contribution is -0.143. The van der Waals surface area contributed by atoms with Crippen LogP contribution >= 0.6 is 0 Å². The zero-order chi connectivity index (χ0) is 46.5. The zero-order valence-electron chi connectivity index (χ0n) is 43.3. The highest BCUT2D eigenvalue weighted by atomic mass is 16.5. The summed E-state index contributed by atoms with van der Waals surface area (Å²) >= 11 is 0. The number of rotatable bonds is 54. The second-order valence-electron chi connectivity index (χ2n) is 20.0. The minimum Gasteiger partial charge on any atom is -0.466 e. The Bertz CT molecular complexity index is 955. The number of nitrogens with one attached hydrogen (secondary N) is 1. The highest BCUT2D eigenvalue weighted by Gasteiger charge is 2.20. The van der Waals surface area contributed by atoms with Gasteiger partial charge in [0.05, 0.1) is 25.4 Å². The molecular formula is C58H113NO5. The molecule has 0 aromatic heterocycles. The maximum absolute atomic E-state index is 12.5. The van der Waals surface area contributed by atoms with E-state index < -0.39 is 12.1 Å². The van der Waals surface area contributed by atoms with Gasteiger partial charge in [-0.3, -0.25) is 9.59 Å². The minimum absolute atomic E-state index is 0.0235. The Hall–Kier alpha value is -1.40. The van der Waals surface area contributed by atoms with Crippen LogP contribution in [0.5, 0.6) is 0 Å². The van der Waals surface area contributed by atoms with Crippen molar-refractivity contribution in [3.63, 3.8) is 0 Å². The smallest absolute Gasteiger partial charge is 0.305 e. The number of carbonyl (C=O) groups is 2. The van der Waals surface area contributed by atoms with E-state index in [4.69, 9.17) is 4.74 Å². The molecule has 3 N–H and O–H groups in total. The highest BCUT2D eigenvalue weighted by Crippen LogP contribution is 2.18. The van der Waals surface area contributed by atoms with Gasteiger partial charge in [0.2, 0.25) is 5.91 Å². The first-order valence-electron chi connectivity index (χ1n) is 28.9. The summed E-state index contributed by atoms with van der Waals surface area (Å²) < 4.78 is 5.44. The Morgan fingerprint density at radius 2 is 0.750 bits per heavy atom. The predicted molar refractivity (Wildman–Crippen MR) is 278 cm³/mol. The molecule has 380 valence electrons. The van der Waals surface area contributed by atoms with Crippen LogP contribution in [0.25, 0.3) is 0 Å². The lowest BCUT2D eigenvalue weighted by Gasteiger charge is -2.22. The summed E-state index contributed by atoms with van der Waals surface area (Å²) in [6, 6.07) is -0.556. The van der Waals surface area contributed by atoms with Crippen molar-refractivity contribution in [2.24, 2.45) is 0 Å². The van der Waals surface area contributed by atoms with Crippen molar-refractivity contribution in [2.45, 2.75) is 334 Å². The van der Waals surface area contributed by atoms with E-state index in [2.05, 4.69) is 31.3 Å². The fourth-order valence-electron chi connectivity index (χ4n) is 9.09. The summed E-state index contributed by atoms with van der Waals surface area (Å²) in [6.45, 7) is 4.89. The van der Waals surface area contributed by atoms with Gasteiger partial charge in [0.1, 0.15) is 0 Å². The van der Waals surface area contributed by atoms with Crippen LogP contribution in [0.15, 0.2) is 12.2 Å². The molecule has 6 nitrogen and oxygen atoms in total. The van der Waals surface area contributed by atoms with Crippen LogP contribution in [0.1, 0.15) is 322 Å². The number of amides is 1. The monoisotopic (exact) mass is 904 g/mol. The molecular weight excluding hydrogens is 791 g/mol. The summed E-state index contributed by atoms with van der Waals surface area (Å²) in [4.78, 5) is 24.5. The summed E-state index contributed by atoms with van der Waals surface area (Å²) in [5, 5.41) is 23.3. The number of allylic oxidation sites excluding steroid dienone is 2. The Morgan fingerprint density at radius 3 is 1.16 bits per heavy atom. The number of hydrogen-bond acceptors (Lipinski definition) is 5. The van der Waals surface area contributed by atoms with Gasteiger partial charge in [-0.15, -0.1) is 0 Å². The molecule has 2 unspecified atom stereocenters. The molecule has 0 bridgehead atoms. The van der Waals surface area contributed by atoms with Crippen molar-refractivity contribution in [3.05, 3.63) is 12.2 Å². The Kier molecular flexibility index (Phi) is 53.0. The standard InChI is InChI=1S/C58H113NO5/c1-3-5-7-9-11-13-15-16-17-18-19-20-21-22-23-24-25-26-27-28-31-34-38-42-46-50-56(61)55(54-60)59-57(62)51-47-43-39-35-32-29-33-37-41-45-49-53-64-58(63)52-48-44-40-36-30-14-12-10-8-6-4-2/h10,12,55-56,60-61H,3-9,11,13-54H2,1-2H3,(H,59,62)/b12-10-. The van der Waals surface area contributed by atoms with Crippen LogP contribution in [0.2, 0.25) is 0 Å². The average molecular weight is 905 g/mol. The van der Waals surface area contributed by atoms with Crippen molar-refractivity contribution >= 4 is 11.9 Å². The molecule has 0 fully saturated rings. The molecule has 0 aliphatic heterocycles. The SMILES string of the molecule is CCCC/C=C\CCCCCCCC(=O)OCCCCCCCCCCCCCC(=O)NC(CO)C(O)CCCCCCCCCCCCCCCCCCCCCCCCCCC. The first-order valence-corrected chi connectivity index (χ1v) is 28.9. The van der Waals surface area contributed by atoms with E-state index in [9.17, 15) is 19.8 Å². The Morgan fingerprint density at radius 1 is 0.422 bits per heavy atom. The summed E-state index contributed by atoms with van der Waals surface area (Å²) in [6.07, 6.45) is 63.5. The van der Waals surface area contributed by atoms with E-state index in [-0.39, 0.29) is 18.5 Å². The van der Waals surface area contributed by atoms with Gasteiger partial charge >= 0.3 is 5.97 Å². The number of aliphatic hydroxyl groups excluding tert-OH is 2. The molecule has 0 aromatic carbocycles. The molecule has 0 aliphatic carbocycles. The summed E-state index contributed by atoms with van der Waals surface area (Å²) in [7, 11) is 0. The summed E-state index contributed by atoms with van der Waals surface area (Å²) in [5.41, 5.74) is 0. The molecule has 64 heavy (non-hydrogen) atoms. The van der Waals surface area contributed by atoms with E-state index in [0.717, 1.165) is 57.8 Å². The largest absolute Gasteiger partial charge is 0.466 e. The van der Waals surface area contributed by atoms with Gasteiger partial charge in [0, 0.05) is 12.8 Å². The number of ether oxygens (including phenoxy) is 1. The Labute approximate surface area is 399 Å². The number of esters is 1. The van der Waals surface area contributed by atoms with Gasteiger partial charge < -0.3 is 20.3 Å². The lowest BCUT2D eigenvalue weighted by Crippen LogP contribution is -2.45. The Balaban J connectivity index is 3.45. The van der Waals surface area contributed by atoms with E-state index in [1.54, 1.807) is 0 Å². The topological polar surface area (TPSA) is 95.9 Å². The maximum atomic E-state index is 12.5. The molecule has 0 aromatic rings. The van der Waals surface area contributed by atoms with Crippen LogP contribution in [-0.4, -0.2) is 47.4 Å². The predicted octanol–water partition coefficient (Wildman–Crippen LogP) is 17.7. The minimum atomic E-state index is -0.677. The van der Waals surface area contributed by atoms with Gasteiger partial charge in [0.15, 0.2) is 0 Å². The van der Waals surface area contributed by atoms with Crippen molar-refractivity contribution < 1.29 is 24.5 Å². The molecule has 1 amide bonds. The fraction of sp³-hybridized carbons (Fsp3) is 0.931. The molecule has 2 atom stereocenters. The fourth-order valence-corrected chi connectivity index (χ4v) is 9.09. The highest BCUT2D eigenvalue weighted by molar-refractivity contribution is 5.76. The van der Waals surface area contributed by atoms with Crippen LogP contribution in [0, 0.1) is 0 Å². The molecule has 0 heterocycles. The number of unbranched alkanes of at least 4 members (excludes halogenated alkanes) is 41. The van der Waals surface area contributed by atoms with Crippen LogP contribution < -0.4 is 5.32 Å². The normalized spacial score (nSPS) is 12.6. The second-order valence-corrected chi connectivity index (χ2v) is 20.0. The van der Waals surface area contributed by atoms with Crippen molar-refractivity contribution in [2.75, 3.05) is 13.2 Å². The third kappa shape index (κ3) is 50.0. The van der Waals surface area contributed by atoms with E-state index >= 15 is 0 Å². The van der Waals surface area contributed by atoms with E-state index in [1.807, 2.05) is 0 Å². The van der Waals surface area contributed by atoms with Gasteiger partial charge in [0.25, 0.3) is 0 Å². The van der Waals surface area contributed by atoms with Crippen molar-refractivity contribution in [1.82, 2.24) is 5.32 Å². The van der Waals surface area contributed by atoms with Gasteiger partial charge in [-0.2, -0.15) is 0 Å². The first kappa shape index (κ1) is 62.6. The van der Waals surface area contributed by atoms with Crippen molar-refractivity contribution in [3.8, 4) is 0 Å². The zero-order valence-corrected chi connectivity index (χ0v) is 43.3. The molecule has 0 saturated carbocycles. The van der Waals surface area contributed by atoms with Crippen molar-refractivity contribution in [1.29, 1.82) is 0 Å². The quantitative estimate of drug-likeness (QED) is 0.0321. The summed E-state index contributed by atoms with van der Waals surface area (Å²) in [5.74, 6) is -0.0742. The maximum Gasteiger partial charge on any atom is 0.305 e. The second kappa shape index (κ2) is 54.2. The number of carbonyl (C=O) groups excluding carboxylic acids is 2. The molecule has 0 spiro atoms. The first-order chi connectivity index (χ1) is 31.5. The van der Waals surface area contributed by atoms with E-state index in [0.29, 0.717) is 25.9 Å². The van der Waals surface area contributed by atoms with Crippen LogP contribution in [-0.2, 0) is 14.3 Å². The van der Waals surface area contributed by atoms with Crippen LogP contribution in [0.4, 0.5) is 0 Å². The molecule has 0 radical (unpaired) electrons. The van der Waals surface area contributed by atoms with E-state index in [1.165, 1.54) is 231 Å². The average Bonchev–Trinajstić information content (AvgIpc) is 3.29. The van der Waals surface area contributed by atoms with Crippen LogP contribution in [0.3, 0.4) is 0 Å². The molecule has 0 rings (SSSR count). The van der Waals surface area contributed by atoms with Gasteiger partial charge in [-0.05, 0) is 44.9 Å². The molecule has 0 aliphatic rings. The van der Waals surface area contributed by atoms with Gasteiger partial charge in [-0.25, -0.2) is 0 Å². The lowest BCUT2D eigenvalue weighted by atomic mass is 10.0. The number of aliphatic hydroxyl groups is 2. The van der Waals surface area contributed by atoms with Gasteiger partial charge in [-0.1, -0.05) is 276 Å². The third-order valence-corrected chi connectivity index (χ3v) is 13.6. The molecule has 0 saturated heterocycles. The molecule has 6 heteroatoms. The third-order valence-electron chi connectivity index (χ3n) is 13.6.